The highest BCUT2D eigenvalue weighted by Gasteiger charge is 2.42. The van der Waals surface area contributed by atoms with Crippen molar-refractivity contribution < 1.29 is 15.0 Å². The summed E-state index contributed by atoms with van der Waals surface area (Å²) in [5.74, 6) is 5.45. The molecule has 2 aliphatic rings. The van der Waals surface area contributed by atoms with Gasteiger partial charge in [0.2, 0.25) is 0 Å². The first-order valence-corrected chi connectivity index (χ1v) is 7.39. The summed E-state index contributed by atoms with van der Waals surface area (Å²) in [6.45, 7) is -0.188. The zero-order valence-electron chi connectivity index (χ0n) is 11.8. The van der Waals surface area contributed by atoms with E-state index in [0.717, 1.165) is 18.4 Å². The van der Waals surface area contributed by atoms with Crippen molar-refractivity contribution in [2.24, 2.45) is 0 Å². The van der Waals surface area contributed by atoms with Crippen molar-refractivity contribution in [3.05, 3.63) is 35.4 Å². The Bertz CT molecular complexity index is 588. The number of hydrogen-bond donors (Lipinski definition) is 2. The fourth-order valence-electron chi connectivity index (χ4n) is 3.50. The summed E-state index contributed by atoms with van der Waals surface area (Å²) >= 11 is 0. The molecule has 0 aromatic heterocycles. The van der Waals surface area contributed by atoms with Crippen LogP contribution in [0.4, 0.5) is 0 Å². The summed E-state index contributed by atoms with van der Waals surface area (Å²) < 4.78 is 0. The molecule has 1 aromatic rings. The number of benzene rings is 1. The number of piperidine rings is 1. The maximum Gasteiger partial charge on any atom is 0.254 e. The largest absolute Gasteiger partial charge is 0.393 e. The van der Waals surface area contributed by atoms with Gasteiger partial charge >= 0.3 is 0 Å². The first kappa shape index (κ1) is 14.1. The van der Waals surface area contributed by atoms with E-state index in [4.69, 9.17) is 5.11 Å². The molecule has 1 amide bonds. The lowest BCUT2D eigenvalue weighted by atomic mass is 9.98. The van der Waals surface area contributed by atoms with Crippen LogP contribution in [-0.2, 0) is 0 Å². The highest BCUT2D eigenvalue weighted by atomic mass is 16.3. The summed E-state index contributed by atoms with van der Waals surface area (Å²) in [4.78, 5) is 14.7. The molecule has 21 heavy (non-hydrogen) atoms. The van der Waals surface area contributed by atoms with E-state index in [2.05, 4.69) is 11.8 Å². The SMILES string of the molecule is O=C(c1cccc(C#CCO)c1)N1C2CCC1CC(O)C2. The third-order valence-corrected chi connectivity index (χ3v) is 4.36. The van der Waals surface area contributed by atoms with E-state index in [1.807, 2.05) is 17.0 Å². The van der Waals surface area contributed by atoms with Crippen molar-refractivity contribution in [1.29, 1.82) is 0 Å². The number of carbonyl (C=O) groups excluding carboxylic acids is 1. The monoisotopic (exact) mass is 285 g/mol. The lowest BCUT2D eigenvalue weighted by molar-refractivity contribution is 0.0287. The van der Waals surface area contributed by atoms with Gasteiger partial charge in [0.15, 0.2) is 0 Å². The molecule has 0 radical (unpaired) electrons. The molecule has 4 heteroatoms. The molecule has 0 spiro atoms. The van der Waals surface area contributed by atoms with Gasteiger partial charge in [-0.15, -0.1) is 0 Å². The fourth-order valence-corrected chi connectivity index (χ4v) is 3.50. The molecule has 2 unspecified atom stereocenters. The average molecular weight is 285 g/mol. The van der Waals surface area contributed by atoms with Crippen LogP contribution in [0.25, 0.3) is 0 Å². The van der Waals surface area contributed by atoms with E-state index in [0.29, 0.717) is 18.4 Å². The molecule has 110 valence electrons. The van der Waals surface area contributed by atoms with Crippen molar-refractivity contribution in [3.8, 4) is 11.8 Å². The molecule has 2 atom stereocenters. The minimum absolute atomic E-state index is 0.0297. The van der Waals surface area contributed by atoms with E-state index < -0.39 is 0 Å². The molecular formula is C17H19NO3. The second kappa shape index (κ2) is 5.88. The van der Waals surface area contributed by atoms with Gasteiger partial charge in [-0.2, -0.15) is 0 Å². The molecular weight excluding hydrogens is 266 g/mol. The minimum atomic E-state index is -0.270. The van der Waals surface area contributed by atoms with E-state index in [1.54, 1.807) is 12.1 Å². The number of rotatable bonds is 1. The Morgan fingerprint density at radius 3 is 2.67 bits per heavy atom. The van der Waals surface area contributed by atoms with Crippen LogP contribution >= 0.6 is 0 Å². The van der Waals surface area contributed by atoms with Gasteiger partial charge in [-0.05, 0) is 43.9 Å². The molecule has 0 saturated carbocycles. The number of nitrogens with zero attached hydrogens (tertiary/aromatic N) is 1. The van der Waals surface area contributed by atoms with Crippen LogP contribution in [0, 0.1) is 11.8 Å². The van der Waals surface area contributed by atoms with Gasteiger partial charge in [0, 0.05) is 23.2 Å². The third kappa shape index (κ3) is 2.80. The molecule has 2 aliphatic heterocycles. The van der Waals surface area contributed by atoms with Gasteiger partial charge in [-0.3, -0.25) is 4.79 Å². The maximum absolute atomic E-state index is 12.7. The Balaban J connectivity index is 1.83. The molecule has 2 N–H and O–H groups in total. The molecule has 3 rings (SSSR count). The fraction of sp³-hybridized carbons (Fsp3) is 0.471. The van der Waals surface area contributed by atoms with Gasteiger partial charge < -0.3 is 15.1 Å². The Labute approximate surface area is 124 Å². The van der Waals surface area contributed by atoms with Crippen LogP contribution in [0.1, 0.15) is 41.6 Å². The molecule has 2 saturated heterocycles. The molecule has 2 bridgehead atoms. The Morgan fingerprint density at radius 2 is 2.00 bits per heavy atom. The first-order valence-electron chi connectivity index (χ1n) is 7.39. The van der Waals surface area contributed by atoms with Crippen LogP contribution in [0.2, 0.25) is 0 Å². The zero-order valence-corrected chi connectivity index (χ0v) is 11.8. The van der Waals surface area contributed by atoms with Gasteiger partial charge in [-0.25, -0.2) is 0 Å². The molecule has 1 aromatic carbocycles. The number of fused-ring (bicyclic) bond motifs is 2. The Morgan fingerprint density at radius 1 is 1.29 bits per heavy atom. The van der Waals surface area contributed by atoms with Crippen molar-refractivity contribution in [2.75, 3.05) is 6.61 Å². The lowest BCUT2D eigenvalue weighted by Gasteiger charge is -2.37. The van der Waals surface area contributed by atoms with Gasteiger partial charge in [0.05, 0.1) is 6.10 Å². The van der Waals surface area contributed by atoms with E-state index in [-0.39, 0.29) is 30.7 Å². The topological polar surface area (TPSA) is 60.8 Å². The molecule has 2 heterocycles. The second-order valence-electron chi connectivity index (χ2n) is 5.76. The normalized spacial score (nSPS) is 27.1. The second-order valence-corrected chi connectivity index (χ2v) is 5.76. The number of aliphatic hydroxyl groups excluding tert-OH is 2. The standard InChI is InChI=1S/C17H19NO3/c19-8-2-4-12-3-1-5-13(9-12)17(21)18-14-6-7-15(18)11-16(20)10-14/h1,3,5,9,14-16,19-20H,6-8,10-11H2. The molecule has 2 fully saturated rings. The van der Waals surface area contributed by atoms with Crippen LogP contribution in [0.15, 0.2) is 24.3 Å². The summed E-state index contributed by atoms with van der Waals surface area (Å²) in [6, 6.07) is 7.55. The summed E-state index contributed by atoms with van der Waals surface area (Å²) in [7, 11) is 0. The first-order chi connectivity index (χ1) is 10.2. The smallest absolute Gasteiger partial charge is 0.254 e. The predicted molar refractivity (Wildman–Crippen MR) is 78.6 cm³/mol. The predicted octanol–water partition coefficient (Wildman–Crippen LogP) is 1.16. The van der Waals surface area contributed by atoms with Crippen LogP contribution in [-0.4, -0.2) is 45.8 Å². The number of hydrogen-bond acceptors (Lipinski definition) is 3. The Hall–Kier alpha value is -1.83. The van der Waals surface area contributed by atoms with Crippen molar-refractivity contribution in [1.82, 2.24) is 4.90 Å². The van der Waals surface area contributed by atoms with Gasteiger partial charge in [0.25, 0.3) is 5.91 Å². The summed E-state index contributed by atoms with van der Waals surface area (Å²) in [5, 5.41) is 18.6. The van der Waals surface area contributed by atoms with Crippen LogP contribution in [0.3, 0.4) is 0 Å². The molecule has 4 nitrogen and oxygen atoms in total. The highest BCUT2D eigenvalue weighted by molar-refractivity contribution is 5.95. The third-order valence-electron chi connectivity index (χ3n) is 4.36. The lowest BCUT2D eigenvalue weighted by Crippen LogP contribution is -2.48. The molecule has 0 aliphatic carbocycles. The van der Waals surface area contributed by atoms with Crippen LogP contribution in [0.5, 0.6) is 0 Å². The van der Waals surface area contributed by atoms with Gasteiger partial charge in [-0.1, -0.05) is 17.9 Å². The van der Waals surface area contributed by atoms with Crippen LogP contribution < -0.4 is 0 Å². The Kier molecular flexibility index (Phi) is 3.96. The zero-order chi connectivity index (χ0) is 14.8. The minimum Gasteiger partial charge on any atom is -0.393 e. The van der Waals surface area contributed by atoms with Crippen molar-refractivity contribution in [2.45, 2.75) is 43.9 Å². The summed E-state index contributed by atoms with van der Waals surface area (Å²) in [6.07, 6.45) is 3.07. The number of carbonyl (C=O) groups is 1. The van der Waals surface area contributed by atoms with Crippen molar-refractivity contribution in [3.63, 3.8) is 0 Å². The number of amides is 1. The van der Waals surface area contributed by atoms with E-state index >= 15 is 0 Å². The number of aliphatic hydroxyl groups is 2. The van der Waals surface area contributed by atoms with Gasteiger partial charge in [0.1, 0.15) is 6.61 Å². The summed E-state index contributed by atoms with van der Waals surface area (Å²) in [5.41, 5.74) is 1.37. The van der Waals surface area contributed by atoms with E-state index in [9.17, 15) is 9.90 Å². The average Bonchev–Trinajstić information content (AvgIpc) is 2.76. The van der Waals surface area contributed by atoms with Crippen molar-refractivity contribution >= 4 is 5.91 Å². The highest BCUT2D eigenvalue weighted by Crippen LogP contribution is 2.36. The van der Waals surface area contributed by atoms with E-state index in [1.165, 1.54) is 0 Å². The maximum atomic E-state index is 12.7. The quantitative estimate of drug-likeness (QED) is 0.761.